The minimum Gasteiger partial charge on any atom is -0.462 e. The van der Waals surface area contributed by atoms with Crippen LogP contribution < -0.4 is 0 Å². The van der Waals surface area contributed by atoms with Crippen LogP contribution in [0.5, 0.6) is 0 Å². The molecule has 3 nitrogen and oxygen atoms in total. The fourth-order valence-corrected chi connectivity index (χ4v) is 5.97. The predicted octanol–water partition coefficient (Wildman–Crippen LogP) is 7.31. The molecule has 0 saturated heterocycles. The molecule has 3 heteroatoms. The molecule has 3 aromatic rings. The SMILES string of the molecule is CCC(C)C(=O)OC1CC2CC1CC2OC(C)(C)c1ccc2c(ccc3c(C)cccc32)c1. The molecule has 0 aromatic heterocycles. The summed E-state index contributed by atoms with van der Waals surface area (Å²) in [7, 11) is 0. The van der Waals surface area contributed by atoms with E-state index < -0.39 is 0 Å². The van der Waals surface area contributed by atoms with E-state index in [1.807, 2.05) is 13.8 Å². The molecule has 0 heterocycles. The minimum absolute atomic E-state index is 0.0101. The molecule has 0 amide bonds. The van der Waals surface area contributed by atoms with Gasteiger partial charge in [-0.05, 0) is 97.0 Å². The standard InChI is InChI=1S/C30H36O3/c1-6-18(2)29(31)32-27-16-22-14-21(27)17-28(22)33-30(4,5)23-11-13-25-20(15-23)10-12-24-19(3)8-7-9-26(24)25/h7-13,15,18,21-22,27-28H,6,14,16-17H2,1-5H3. The Hall–Kier alpha value is -2.39. The Kier molecular flexibility index (Phi) is 5.73. The monoisotopic (exact) mass is 444 g/mol. The van der Waals surface area contributed by atoms with Gasteiger partial charge in [-0.15, -0.1) is 0 Å². The first kappa shape index (κ1) is 22.4. The molecule has 2 aliphatic rings. The number of hydrogen-bond acceptors (Lipinski definition) is 3. The van der Waals surface area contributed by atoms with Gasteiger partial charge in [0.1, 0.15) is 6.10 Å². The summed E-state index contributed by atoms with van der Waals surface area (Å²) < 4.78 is 12.6. The van der Waals surface area contributed by atoms with Gasteiger partial charge in [-0.1, -0.05) is 56.3 Å². The molecule has 3 aromatic carbocycles. The predicted molar refractivity (Wildman–Crippen MR) is 134 cm³/mol. The highest BCUT2D eigenvalue weighted by atomic mass is 16.5. The third-order valence-electron chi connectivity index (χ3n) is 8.25. The van der Waals surface area contributed by atoms with E-state index in [0.717, 1.165) is 25.7 Å². The lowest BCUT2D eigenvalue weighted by Crippen LogP contribution is -2.36. The molecule has 2 bridgehead atoms. The first-order valence-electron chi connectivity index (χ1n) is 12.6. The summed E-state index contributed by atoms with van der Waals surface area (Å²) >= 11 is 0. The number of ether oxygens (including phenoxy) is 2. The van der Waals surface area contributed by atoms with Crippen LogP contribution in [-0.2, 0) is 19.9 Å². The summed E-state index contributed by atoms with van der Waals surface area (Å²) in [6.45, 7) is 10.5. The molecule has 0 radical (unpaired) electrons. The molecule has 2 saturated carbocycles. The molecular weight excluding hydrogens is 408 g/mol. The highest BCUT2D eigenvalue weighted by Gasteiger charge is 2.49. The molecule has 33 heavy (non-hydrogen) atoms. The Morgan fingerprint density at radius 2 is 1.70 bits per heavy atom. The molecule has 0 N–H and O–H groups in total. The fourth-order valence-electron chi connectivity index (χ4n) is 5.97. The molecule has 0 spiro atoms. The number of hydrogen-bond donors (Lipinski definition) is 0. The second kappa shape index (κ2) is 8.43. The number of esters is 1. The first-order chi connectivity index (χ1) is 15.8. The van der Waals surface area contributed by atoms with Gasteiger partial charge in [-0.2, -0.15) is 0 Å². The third-order valence-corrected chi connectivity index (χ3v) is 8.25. The summed E-state index contributed by atoms with van der Waals surface area (Å²) in [5.41, 5.74) is 2.16. The smallest absolute Gasteiger partial charge is 0.308 e. The van der Waals surface area contributed by atoms with Crippen molar-refractivity contribution in [2.24, 2.45) is 17.8 Å². The van der Waals surface area contributed by atoms with Crippen LogP contribution in [0.3, 0.4) is 0 Å². The Balaban J connectivity index is 1.31. The maximum atomic E-state index is 12.3. The first-order valence-corrected chi connectivity index (χ1v) is 12.6. The summed E-state index contributed by atoms with van der Waals surface area (Å²) in [6.07, 6.45) is 4.19. The molecule has 2 fully saturated rings. The van der Waals surface area contributed by atoms with Crippen LogP contribution in [0.2, 0.25) is 0 Å². The average Bonchev–Trinajstić information content (AvgIpc) is 3.37. The summed E-state index contributed by atoms with van der Waals surface area (Å²) in [5, 5.41) is 5.18. The van der Waals surface area contributed by atoms with Crippen LogP contribution in [0.1, 0.15) is 64.5 Å². The molecule has 2 aliphatic carbocycles. The second-order valence-corrected chi connectivity index (χ2v) is 10.9. The van der Waals surface area contributed by atoms with Crippen molar-refractivity contribution in [3.8, 4) is 0 Å². The van der Waals surface area contributed by atoms with Gasteiger partial charge in [-0.3, -0.25) is 4.79 Å². The maximum Gasteiger partial charge on any atom is 0.308 e. The van der Waals surface area contributed by atoms with Crippen LogP contribution in [0.4, 0.5) is 0 Å². The Morgan fingerprint density at radius 3 is 2.42 bits per heavy atom. The fraction of sp³-hybridized carbons (Fsp3) is 0.500. The van der Waals surface area contributed by atoms with E-state index in [4.69, 9.17) is 9.47 Å². The third kappa shape index (κ3) is 4.05. The van der Waals surface area contributed by atoms with Crippen LogP contribution >= 0.6 is 0 Å². The molecule has 5 unspecified atom stereocenters. The van der Waals surface area contributed by atoms with Gasteiger partial charge in [0.05, 0.1) is 17.6 Å². The summed E-state index contributed by atoms with van der Waals surface area (Å²) in [4.78, 5) is 12.3. The maximum absolute atomic E-state index is 12.3. The van der Waals surface area contributed by atoms with E-state index in [-0.39, 0.29) is 29.7 Å². The topological polar surface area (TPSA) is 35.5 Å². The van der Waals surface area contributed by atoms with E-state index in [2.05, 4.69) is 69.3 Å². The number of benzene rings is 3. The van der Waals surface area contributed by atoms with Crippen LogP contribution in [0.15, 0.2) is 48.5 Å². The molecular formula is C30H36O3. The van der Waals surface area contributed by atoms with Crippen molar-refractivity contribution in [2.45, 2.75) is 78.1 Å². The quantitative estimate of drug-likeness (QED) is 0.295. The van der Waals surface area contributed by atoms with E-state index in [9.17, 15) is 4.79 Å². The van der Waals surface area contributed by atoms with Gasteiger partial charge in [-0.25, -0.2) is 0 Å². The lowest BCUT2D eigenvalue weighted by molar-refractivity contribution is -0.160. The zero-order valence-electron chi connectivity index (χ0n) is 20.6. The van der Waals surface area contributed by atoms with Crippen molar-refractivity contribution in [1.82, 2.24) is 0 Å². The van der Waals surface area contributed by atoms with E-state index >= 15 is 0 Å². The Morgan fingerprint density at radius 1 is 0.970 bits per heavy atom. The van der Waals surface area contributed by atoms with Gasteiger partial charge < -0.3 is 9.47 Å². The molecule has 174 valence electrons. The highest BCUT2D eigenvalue weighted by molar-refractivity contribution is 6.08. The Bertz CT molecular complexity index is 1190. The summed E-state index contributed by atoms with van der Waals surface area (Å²) in [5.74, 6) is 0.877. The van der Waals surface area contributed by atoms with Gasteiger partial charge in [0.25, 0.3) is 0 Å². The zero-order valence-corrected chi connectivity index (χ0v) is 20.6. The minimum atomic E-state index is -0.367. The zero-order chi connectivity index (χ0) is 23.3. The van der Waals surface area contributed by atoms with Crippen molar-refractivity contribution >= 4 is 27.5 Å². The van der Waals surface area contributed by atoms with E-state index in [1.54, 1.807) is 0 Å². The summed E-state index contributed by atoms with van der Waals surface area (Å²) in [6, 6.07) is 17.8. The Labute approximate surface area is 197 Å². The number of carbonyl (C=O) groups excluding carboxylic acids is 1. The van der Waals surface area contributed by atoms with Crippen molar-refractivity contribution in [2.75, 3.05) is 0 Å². The second-order valence-electron chi connectivity index (χ2n) is 10.9. The normalized spacial score (nSPS) is 25.6. The van der Waals surface area contributed by atoms with Crippen molar-refractivity contribution in [3.05, 3.63) is 59.7 Å². The largest absolute Gasteiger partial charge is 0.462 e. The molecule has 5 atom stereocenters. The lowest BCUT2D eigenvalue weighted by atomic mass is 9.90. The number of carbonyl (C=O) groups is 1. The highest BCUT2D eigenvalue weighted by Crippen LogP contribution is 2.49. The van der Waals surface area contributed by atoms with Crippen molar-refractivity contribution in [3.63, 3.8) is 0 Å². The van der Waals surface area contributed by atoms with Crippen LogP contribution in [-0.4, -0.2) is 18.2 Å². The number of rotatable bonds is 6. The van der Waals surface area contributed by atoms with Gasteiger partial charge >= 0.3 is 5.97 Å². The van der Waals surface area contributed by atoms with Gasteiger partial charge in [0.2, 0.25) is 0 Å². The number of aryl methyl sites for hydroxylation is 1. The van der Waals surface area contributed by atoms with Gasteiger partial charge in [0.15, 0.2) is 0 Å². The van der Waals surface area contributed by atoms with Crippen molar-refractivity contribution in [1.29, 1.82) is 0 Å². The van der Waals surface area contributed by atoms with Crippen molar-refractivity contribution < 1.29 is 14.3 Å². The van der Waals surface area contributed by atoms with Gasteiger partial charge in [0, 0.05) is 0 Å². The number of fused-ring (bicyclic) bond motifs is 5. The average molecular weight is 445 g/mol. The molecule has 0 aliphatic heterocycles. The van der Waals surface area contributed by atoms with E-state index in [1.165, 1.54) is 32.7 Å². The lowest BCUT2D eigenvalue weighted by Gasteiger charge is -2.35. The van der Waals surface area contributed by atoms with Crippen LogP contribution in [0, 0.1) is 24.7 Å². The molecule has 5 rings (SSSR count). The van der Waals surface area contributed by atoms with E-state index in [0.29, 0.717) is 11.8 Å². The van der Waals surface area contributed by atoms with Crippen LogP contribution in [0.25, 0.3) is 21.5 Å².